The molecule has 0 unspecified atom stereocenters. The number of hydrogen-bond acceptors (Lipinski definition) is 3. The van der Waals surface area contributed by atoms with E-state index in [0.717, 1.165) is 15.8 Å². The summed E-state index contributed by atoms with van der Waals surface area (Å²) in [6.45, 7) is 2.31. The van der Waals surface area contributed by atoms with Gasteiger partial charge in [0.25, 0.3) is 5.56 Å². The van der Waals surface area contributed by atoms with Crippen molar-refractivity contribution in [3.63, 3.8) is 0 Å². The fourth-order valence-corrected chi connectivity index (χ4v) is 2.90. The van der Waals surface area contributed by atoms with Crippen molar-refractivity contribution in [2.75, 3.05) is 19.7 Å². The Kier molecular flexibility index (Phi) is 5.20. The molecule has 1 aromatic heterocycles. The van der Waals surface area contributed by atoms with Crippen LogP contribution in [-0.4, -0.2) is 35.2 Å². The number of fused-ring (bicyclic) bond motifs is 1. The van der Waals surface area contributed by atoms with E-state index in [1.807, 2.05) is 18.2 Å². The van der Waals surface area contributed by atoms with Gasteiger partial charge in [-0.15, -0.1) is 0 Å². The number of amides is 2. The summed E-state index contributed by atoms with van der Waals surface area (Å²) in [5.74, 6) is 0.801. The van der Waals surface area contributed by atoms with Gasteiger partial charge in [-0.05, 0) is 18.2 Å². The van der Waals surface area contributed by atoms with Crippen LogP contribution in [0.15, 0.2) is 51.9 Å². The first-order chi connectivity index (χ1) is 11.6. The number of urea groups is 1. The van der Waals surface area contributed by atoms with Crippen LogP contribution >= 0.6 is 15.9 Å². The lowest BCUT2D eigenvalue weighted by molar-refractivity contribution is 0.187. The molecule has 0 saturated carbocycles. The number of carbonyl (C=O) groups is 1. The van der Waals surface area contributed by atoms with Gasteiger partial charge in [-0.1, -0.05) is 28.1 Å². The standard InChI is InChI=1S/C17H18BrN3O3/c18-14-5-4-13-12-21(9-10-24-15(13)11-14)17(23)19-6-8-20-7-2-1-3-16(20)22/h1-5,7,11H,6,8-10,12H2,(H,19,23). The summed E-state index contributed by atoms with van der Waals surface area (Å²) < 4.78 is 8.22. The van der Waals surface area contributed by atoms with Crippen molar-refractivity contribution in [1.29, 1.82) is 0 Å². The predicted octanol–water partition coefficient (Wildman–Crippen LogP) is 2.21. The molecule has 0 spiro atoms. The van der Waals surface area contributed by atoms with E-state index in [4.69, 9.17) is 4.74 Å². The Morgan fingerprint density at radius 2 is 2.17 bits per heavy atom. The third kappa shape index (κ3) is 3.97. The molecule has 1 aliphatic rings. The summed E-state index contributed by atoms with van der Waals surface area (Å²) in [6, 6.07) is 10.6. The summed E-state index contributed by atoms with van der Waals surface area (Å²) in [5.41, 5.74) is 0.902. The van der Waals surface area contributed by atoms with Gasteiger partial charge in [-0.25, -0.2) is 4.79 Å². The first kappa shape index (κ1) is 16.6. The molecule has 3 rings (SSSR count). The second kappa shape index (κ2) is 7.53. The molecular weight excluding hydrogens is 374 g/mol. The van der Waals surface area contributed by atoms with Crippen LogP contribution in [0.5, 0.6) is 5.75 Å². The number of nitrogens with one attached hydrogen (secondary N) is 1. The molecule has 0 aliphatic carbocycles. The fraction of sp³-hybridized carbons (Fsp3) is 0.294. The summed E-state index contributed by atoms with van der Waals surface area (Å²) in [7, 11) is 0. The van der Waals surface area contributed by atoms with E-state index in [-0.39, 0.29) is 11.6 Å². The number of ether oxygens (including phenoxy) is 1. The van der Waals surface area contributed by atoms with Crippen LogP contribution in [0.4, 0.5) is 4.79 Å². The molecule has 1 N–H and O–H groups in total. The summed E-state index contributed by atoms with van der Waals surface area (Å²) in [4.78, 5) is 25.7. The van der Waals surface area contributed by atoms with Gasteiger partial charge in [0.1, 0.15) is 12.4 Å². The van der Waals surface area contributed by atoms with Crippen LogP contribution in [0.25, 0.3) is 0 Å². The highest BCUT2D eigenvalue weighted by atomic mass is 79.9. The Morgan fingerprint density at radius 3 is 3.00 bits per heavy atom. The number of nitrogens with zero attached hydrogens (tertiary/aromatic N) is 2. The lowest BCUT2D eigenvalue weighted by Crippen LogP contribution is -2.42. The van der Waals surface area contributed by atoms with E-state index < -0.39 is 0 Å². The normalized spacial score (nSPS) is 13.6. The summed E-state index contributed by atoms with van der Waals surface area (Å²) >= 11 is 3.42. The number of halogens is 1. The zero-order valence-corrected chi connectivity index (χ0v) is 14.7. The average Bonchev–Trinajstić information content (AvgIpc) is 2.78. The highest BCUT2D eigenvalue weighted by Gasteiger charge is 2.19. The molecule has 0 fully saturated rings. The van der Waals surface area contributed by atoms with Gasteiger partial charge in [0.05, 0.1) is 13.1 Å². The number of benzene rings is 1. The van der Waals surface area contributed by atoms with Crippen LogP contribution in [0.3, 0.4) is 0 Å². The van der Waals surface area contributed by atoms with Crippen molar-refractivity contribution >= 4 is 22.0 Å². The monoisotopic (exact) mass is 391 g/mol. The molecule has 0 atom stereocenters. The highest BCUT2D eigenvalue weighted by molar-refractivity contribution is 9.10. The predicted molar refractivity (Wildman–Crippen MR) is 94.1 cm³/mol. The van der Waals surface area contributed by atoms with Gasteiger partial charge in [0.15, 0.2) is 0 Å². The van der Waals surface area contributed by atoms with Crippen molar-refractivity contribution in [3.8, 4) is 5.75 Å². The van der Waals surface area contributed by atoms with Crippen molar-refractivity contribution < 1.29 is 9.53 Å². The van der Waals surface area contributed by atoms with E-state index in [0.29, 0.717) is 32.8 Å². The largest absolute Gasteiger partial charge is 0.491 e. The fourth-order valence-electron chi connectivity index (χ4n) is 2.56. The van der Waals surface area contributed by atoms with Gasteiger partial charge >= 0.3 is 6.03 Å². The minimum Gasteiger partial charge on any atom is -0.491 e. The zero-order valence-electron chi connectivity index (χ0n) is 13.1. The van der Waals surface area contributed by atoms with E-state index in [1.54, 1.807) is 27.8 Å². The lowest BCUT2D eigenvalue weighted by atomic mass is 10.2. The first-order valence-corrected chi connectivity index (χ1v) is 8.52. The number of carbonyl (C=O) groups excluding carboxylic acids is 1. The van der Waals surface area contributed by atoms with Gasteiger partial charge in [-0.2, -0.15) is 0 Å². The Balaban J connectivity index is 1.58. The van der Waals surface area contributed by atoms with Gasteiger partial charge in [-0.3, -0.25) is 4.79 Å². The third-order valence-electron chi connectivity index (χ3n) is 3.82. The zero-order chi connectivity index (χ0) is 16.9. The van der Waals surface area contributed by atoms with E-state index >= 15 is 0 Å². The van der Waals surface area contributed by atoms with Crippen LogP contribution in [0.2, 0.25) is 0 Å². The molecule has 24 heavy (non-hydrogen) atoms. The third-order valence-corrected chi connectivity index (χ3v) is 4.32. The molecule has 2 aromatic rings. The van der Waals surface area contributed by atoms with E-state index in [1.165, 1.54) is 6.07 Å². The number of aromatic nitrogens is 1. The second-order valence-corrected chi connectivity index (χ2v) is 6.40. The Morgan fingerprint density at radius 1 is 1.29 bits per heavy atom. The maximum Gasteiger partial charge on any atom is 0.317 e. The quantitative estimate of drug-likeness (QED) is 0.872. The molecular formula is C17H18BrN3O3. The molecule has 2 heterocycles. The number of rotatable bonds is 3. The molecule has 2 amide bonds. The molecule has 7 heteroatoms. The van der Waals surface area contributed by atoms with Gasteiger partial charge < -0.3 is 19.5 Å². The number of pyridine rings is 1. The van der Waals surface area contributed by atoms with Gasteiger partial charge in [0.2, 0.25) is 0 Å². The maximum absolute atomic E-state index is 12.4. The van der Waals surface area contributed by atoms with E-state index in [2.05, 4.69) is 21.2 Å². The average molecular weight is 392 g/mol. The lowest BCUT2D eigenvalue weighted by Gasteiger charge is -2.20. The molecule has 1 aromatic carbocycles. The molecule has 6 nitrogen and oxygen atoms in total. The van der Waals surface area contributed by atoms with Crippen molar-refractivity contribution in [2.45, 2.75) is 13.1 Å². The van der Waals surface area contributed by atoms with Crippen LogP contribution in [0, 0.1) is 0 Å². The maximum atomic E-state index is 12.4. The molecule has 0 radical (unpaired) electrons. The van der Waals surface area contributed by atoms with Crippen molar-refractivity contribution in [1.82, 2.24) is 14.8 Å². The van der Waals surface area contributed by atoms with Crippen LogP contribution in [-0.2, 0) is 13.1 Å². The highest BCUT2D eigenvalue weighted by Crippen LogP contribution is 2.26. The smallest absolute Gasteiger partial charge is 0.317 e. The minimum absolute atomic E-state index is 0.0746. The summed E-state index contributed by atoms with van der Waals surface area (Å²) in [5, 5.41) is 2.86. The van der Waals surface area contributed by atoms with Crippen molar-refractivity contribution in [2.24, 2.45) is 0 Å². The second-order valence-electron chi connectivity index (χ2n) is 5.49. The van der Waals surface area contributed by atoms with Crippen LogP contribution in [0.1, 0.15) is 5.56 Å². The topological polar surface area (TPSA) is 63.6 Å². The molecule has 0 saturated heterocycles. The molecule has 126 valence electrons. The minimum atomic E-state index is -0.154. The molecule has 1 aliphatic heterocycles. The van der Waals surface area contributed by atoms with Gasteiger partial charge in [0, 0.05) is 35.4 Å². The first-order valence-electron chi connectivity index (χ1n) is 7.73. The summed E-state index contributed by atoms with van der Waals surface area (Å²) in [6.07, 6.45) is 1.71. The molecule has 0 bridgehead atoms. The Bertz CT molecular complexity index is 791. The Labute approximate surface area is 148 Å². The SMILES string of the molecule is O=C(NCCn1ccccc1=O)N1CCOc2cc(Br)ccc2C1. The number of hydrogen-bond donors (Lipinski definition) is 1. The van der Waals surface area contributed by atoms with Crippen molar-refractivity contribution in [3.05, 3.63) is 63.0 Å². The van der Waals surface area contributed by atoms with E-state index in [9.17, 15) is 9.59 Å². The Hall–Kier alpha value is -2.28. The van der Waals surface area contributed by atoms with Crippen LogP contribution < -0.4 is 15.6 Å².